The Labute approximate surface area is 128 Å². The summed E-state index contributed by atoms with van der Waals surface area (Å²) in [6, 6.07) is 7.91. The van der Waals surface area contributed by atoms with E-state index in [1.807, 2.05) is 38.1 Å². The predicted molar refractivity (Wildman–Crippen MR) is 86.2 cm³/mol. The van der Waals surface area contributed by atoms with E-state index in [9.17, 15) is 8.42 Å². The van der Waals surface area contributed by atoms with Crippen LogP contribution in [-0.2, 0) is 16.4 Å². The third-order valence-corrected chi connectivity index (χ3v) is 5.05. The molecule has 0 aliphatic rings. The van der Waals surface area contributed by atoms with Crippen LogP contribution in [0.15, 0.2) is 24.3 Å². The fourth-order valence-electron chi connectivity index (χ4n) is 1.78. The average molecular weight is 314 g/mol. The van der Waals surface area contributed by atoms with Gasteiger partial charge in [0.15, 0.2) is 0 Å². The highest BCUT2D eigenvalue weighted by Crippen LogP contribution is 2.11. The first kappa shape index (κ1) is 17.9. The maximum absolute atomic E-state index is 12.1. The van der Waals surface area contributed by atoms with E-state index < -0.39 is 15.3 Å². The van der Waals surface area contributed by atoms with Crippen molar-refractivity contribution >= 4 is 10.0 Å². The molecule has 1 aromatic carbocycles. The van der Waals surface area contributed by atoms with E-state index in [1.54, 1.807) is 14.0 Å². The second kappa shape index (κ2) is 8.36. The maximum Gasteiger partial charge on any atom is 0.215 e. The Morgan fingerprint density at radius 3 is 2.29 bits per heavy atom. The third kappa shape index (κ3) is 6.46. The van der Waals surface area contributed by atoms with Crippen LogP contribution < -0.4 is 14.8 Å². The molecule has 0 heterocycles. The summed E-state index contributed by atoms with van der Waals surface area (Å²) in [5.74, 6) is 0.799. The van der Waals surface area contributed by atoms with Crippen LogP contribution in [0.5, 0.6) is 5.75 Å². The molecule has 0 saturated carbocycles. The highest BCUT2D eigenvalue weighted by molar-refractivity contribution is 7.90. The van der Waals surface area contributed by atoms with Crippen LogP contribution in [0.25, 0.3) is 0 Å². The first-order valence-corrected chi connectivity index (χ1v) is 8.74. The molecule has 1 unspecified atom stereocenters. The SMILES string of the molecule is COc1ccc(CCNS(=O)(=O)C(C)CNC(C)C)cc1. The Morgan fingerprint density at radius 2 is 1.76 bits per heavy atom. The largest absolute Gasteiger partial charge is 0.497 e. The molecule has 2 N–H and O–H groups in total. The summed E-state index contributed by atoms with van der Waals surface area (Å²) in [7, 11) is -1.66. The number of methoxy groups -OCH3 is 1. The highest BCUT2D eigenvalue weighted by Gasteiger charge is 2.19. The van der Waals surface area contributed by atoms with Crippen molar-refractivity contribution in [3.8, 4) is 5.75 Å². The van der Waals surface area contributed by atoms with Crippen LogP contribution in [0.1, 0.15) is 26.3 Å². The lowest BCUT2D eigenvalue weighted by Crippen LogP contribution is -2.41. The molecule has 1 atom stereocenters. The van der Waals surface area contributed by atoms with Crippen molar-refractivity contribution in [2.45, 2.75) is 38.5 Å². The van der Waals surface area contributed by atoms with Crippen LogP contribution in [0.4, 0.5) is 0 Å². The molecule has 0 aliphatic carbocycles. The zero-order chi connectivity index (χ0) is 15.9. The number of sulfonamides is 1. The summed E-state index contributed by atoms with van der Waals surface area (Å²) < 4.78 is 31.9. The number of benzene rings is 1. The Bertz CT molecular complexity index is 512. The Balaban J connectivity index is 2.42. The van der Waals surface area contributed by atoms with E-state index >= 15 is 0 Å². The van der Waals surface area contributed by atoms with E-state index in [1.165, 1.54) is 0 Å². The molecule has 0 radical (unpaired) electrons. The topological polar surface area (TPSA) is 67.4 Å². The molecule has 0 aliphatic heterocycles. The molecule has 0 amide bonds. The smallest absolute Gasteiger partial charge is 0.215 e. The molecular formula is C15H26N2O3S. The Hall–Kier alpha value is -1.11. The van der Waals surface area contributed by atoms with Gasteiger partial charge in [-0.15, -0.1) is 0 Å². The third-order valence-electron chi connectivity index (χ3n) is 3.22. The van der Waals surface area contributed by atoms with E-state index in [0.29, 0.717) is 19.5 Å². The summed E-state index contributed by atoms with van der Waals surface area (Å²) in [5, 5.41) is 2.69. The molecule has 0 saturated heterocycles. The minimum atomic E-state index is -3.28. The fraction of sp³-hybridized carbons (Fsp3) is 0.600. The summed E-state index contributed by atoms with van der Waals surface area (Å²) in [6.45, 7) is 6.56. The van der Waals surface area contributed by atoms with Crippen LogP contribution in [0.2, 0.25) is 0 Å². The van der Waals surface area contributed by atoms with Crippen molar-refractivity contribution in [3.05, 3.63) is 29.8 Å². The average Bonchev–Trinajstić information content (AvgIpc) is 2.45. The predicted octanol–water partition coefficient (Wildman–Crippen LogP) is 1.54. The van der Waals surface area contributed by atoms with Crippen molar-refractivity contribution < 1.29 is 13.2 Å². The van der Waals surface area contributed by atoms with Gasteiger partial charge in [-0.05, 0) is 31.0 Å². The lowest BCUT2D eigenvalue weighted by atomic mass is 10.1. The summed E-state index contributed by atoms with van der Waals surface area (Å²) in [4.78, 5) is 0. The van der Waals surface area contributed by atoms with Gasteiger partial charge in [0.05, 0.1) is 12.4 Å². The molecule has 1 aromatic rings. The van der Waals surface area contributed by atoms with Crippen LogP contribution >= 0.6 is 0 Å². The molecular weight excluding hydrogens is 288 g/mol. The molecule has 0 bridgehead atoms. The van der Waals surface area contributed by atoms with Crippen molar-refractivity contribution in [1.82, 2.24) is 10.0 Å². The zero-order valence-corrected chi connectivity index (χ0v) is 14.0. The Kier molecular flexibility index (Phi) is 7.14. The van der Waals surface area contributed by atoms with Gasteiger partial charge >= 0.3 is 0 Å². The van der Waals surface area contributed by atoms with Gasteiger partial charge in [-0.2, -0.15) is 0 Å². The number of hydrogen-bond acceptors (Lipinski definition) is 4. The molecule has 0 spiro atoms. The van der Waals surface area contributed by atoms with Gasteiger partial charge in [-0.1, -0.05) is 26.0 Å². The molecule has 0 aromatic heterocycles. The number of nitrogens with one attached hydrogen (secondary N) is 2. The molecule has 21 heavy (non-hydrogen) atoms. The fourth-order valence-corrected chi connectivity index (χ4v) is 2.77. The van der Waals surface area contributed by atoms with Crippen LogP contribution in [0, 0.1) is 0 Å². The molecule has 120 valence electrons. The van der Waals surface area contributed by atoms with Crippen molar-refractivity contribution in [2.24, 2.45) is 0 Å². The standard InChI is InChI=1S/C15H26N2O3S/c1-12(2)16-11-13(3)21(18,19)17-10-9-14-5-7-15(20-4)8-6-14/h5-8,12-13,16-17H,9-11H2,1-4H3. The van der Waals surface area contributed by atoms with E-state index in [-0.39, 0.29) is 6.04 Å². The maximum atomic E-state index is 12.1. The molecule has 6 heteroatoms. The van der Waals surface area contributed by atoms with Crippen molar-refractivity contribution in [3.63, 3.8) is 0 Å². The monoisotopic (exact) mass is 314 g/mol. The van der Waals surface area contributed by atoms with Gasteiger partial charge in [-0.25, -0.2) is 13.1 Å². The van der Waals surface area contributed by atoms with Gasteiger partial charge in [0.1, 0.15) is 5.75 Å². The van der Waals surface area contributed by atoms with E-state index in [4.69, 9.17) is 4.74 Å². The zero-order valence-electron chi connectivity index (χ0n) is 13.2. The normalized spacial score (nSPS) is 13.4. The van der Waals surface area contributed by atoms with Gasteiger partial charge < -0.3 is 10.1 Å². The molecule has 1 rings (SSSR count). The van der Waals surface area contributed by atoms with Gasteiger partial charge in [-0.3, -0.25) is 0 Å². The Morgan fingerprint density at radius 1 is 1.14 bits per heavy atom. The first-order valence-electron chi connectivity index (χ1n) is 7.20. The van der Waals surface area contributed by atoms with E-state index in [0.717, 1.165) is 11.3 Å². The van der Waals surface area contributed by atoms with Crippen LogP contribution in [0.3, 0.4) is 0 Å². The molecule has 5 nitrogen and oxygen atoms in total. The van der Waals surface area contributed by atoms with Crippen molar-refractivity contribution in [2.75, 3.05) is 20.2 Å². The van der Waals surface area contributed by atoms with Gasteiger partial charge in [0.2, 0.25) is 10.0 Å². The van der Waals surface area contributed by atoms with Gasteiger partial charge in [0, 0.05) is 19.1 Å². The number of ether oxygens (including phenoxy) is 1. The lowest BCUT2D eigenvalue weighted by Gasteiger charge is -2.16. The number of rotatable bonds is 9. The van der Waals surface area contributed by atoms with Gasteiger partial charge in [0.25, 0.3) is 0 Å². The quantitative estimate of drug-likeness (QED) is 0.725. The van der Waals surface area contributed by atoms with E-state index in [2.05, 4.69) is 10.0 Å². The summed E-state index contributed by atoms with van der Waals surface area (Å²) >= 11 is 0. The first-order chi connectivity index (χ1) is 9.85. The second-order valence-corrected chi connectivity index (χ2v) is 7.59. The van der Waals surface area contributed by atoms with Crippen LogP contribution in [-0.4, -0.2) is 39.9 Å². The molecule has 0 fully saturated rings. The van der Waals surface area contributed by atoms with Crippen molar-refractivity contribution in [1.29, 1.82) is 0 Å². The minimum absolute atomic E-state index is 0.280. The summed E-state index contributed by atoms with van der Waals surface area (Å²) in [5.41, 5.74) is 1.08. The number of hydrogen-bond donors (Lipinski definition) is 2. The second-order valence-electron chi connectivity index (χ2n) is 5.41. The summed E-state index contributed by atoms with van der Waals surface area (Å²) in [6.07, 6.45) is 0.660. The minimum Gasteiger partial charge on any atom is -0.497 e. The lowest BCUT2D eigenvalue weighted by molar-refractivity contribution is 0.414. The highest BCUT2D eigenvalue weighted by atomic mass is 32.2.